The lowest BCUT2D eigenvalue weighted by Crippen LogP contribution is -2.50. The number of carbonyl (C=O) groups excluding carboxylic acids is 2. The van der Waals surface area contributed by atoms with Crippen molar-refractivity contribution < 1.29 is 18.0 Å². The van der Waals surface area contributed by atoms with Gasteiger partial charge in [-0.15, -0.1) is 0 Å². The first kappa shape index (κ1) is 25.8. The molecule has 1 amide bonds. The summed E-state index contributed by atoms with van der Waals surface area (Å²) in [5, 5.41) is 3.05. The number of likely N-dealkylation sites (N-methyl/N-ethyl adjacent to an activating group) is 1. The molecular weight excluding hydrogens is 502 g/mol. The highest BCUT2D eigenvalue weighted by Gasteiger charge is 2.46. The minimum absolute atomic E-state index is 0.00912. The van der Waals surface area contributed by atoms with Gasteiger partial charge in [-0.2, -0.15) is 0 Å². The fraction of sp³-hybridized carbons (Fsp3) is 0.357. The molecule has 3 aromatic rings. The van der Waals surface area contributed by atoms with Crippen LogP contribution in [0.1, 0.15) is 44.9 Å². The number of amides is 1. The minimum atomic E-state index is -3.29. The average molecular weight is 534 g/mol. The molecule has 2 atom stereocenters. The second-order valence-corrected chi connectivity index (χ2v) is 12.4. The molecule has 1 aliphatic carbocycles. The van der Waals surface area contributed by atoms with Gasteiger partial charge in [0.05, 0.1) is 28.2 Å². The maximum Gasteiger partial charge on any atom is 0.226 e. The van der Waals surface area contributed by atoms with E-state index in [1.54, 1.807) is 43.6 Å². The van der Waals surface area contributed by atoms with Gasteiger partial charge in [0.2, 0.25) is 5.91 Å². The monoisotopic (exact) mass is 533 g/mol. The Morgan fingerprint density at radius 2 is 1.84 bits per heavy atom. The smallest absolute Gasteiger partial charge is 0.226 e. The number of allylic oxidation sites excluding steroid dienone is 3. The van der Waals surface area contributed by atoms with Crippen LogP contribution in [-0.4, -0.2) is 58.3 Å². The molecule has 0 saturated carbocycles. The van der Waals surface area contributed by atoms with Crippen LogP contribution in [0.4, 0.5) is 0 Å². The zero-order valence-electron chi connectivity index (χ0n) is 21.9. The third-order valence-electron chi connectivity index (χ3n) is 7.69. The quantitative estimate of drug-likeness (QED) is 0.518. The molecule has 38 heavy (non-hydrogen) atoms. The van der Waals surface area contributed by atoms with E-state index in [0.717, 1.165) is 16.8 Å². The number of carbonyl (C=O) groups is 2. The molecule has 0 spiro atoms. The van der Waals surface area contributed by atoms with Crippen molar-refractivity contribution in [2.24, 2.45) is 0 Å². The molecule has 0 saturated heterocycles. The molecule has 0 bridgehead atoms. The number of imidazole rings is 1. The number of Topliss-reactive ketones (excluding diaryl/α,β-unsaturated/α-hetero) is 1. The summed E-state index contributed by atoms with van der Waals surface area (Å²) in [7, 11) is -1.40. The van der Waals surface area contributed by atoms with E-state index >= 15 is 0 Å². The number of rotatable bonds is 6. The highest BCUT2D eigenvalue weighted by Crippen LogP contribution is 2.44. The van der Waals surface area contributed by atoms with Gasteiger partial charge in [-0.3, -0.25) is 14.6 Å². The van der Waals surface area contributed by atoms with E-state index in [9.17, 15) is 18.0 Å². The van der Waals surface area contributed by atoms with E-state index in [2.05, 4.69) is 15.3 Å². The first-order valence-corrected chi connectivity index (χ1v) is 14.3. The van der Waals surface area contributed by atoms with Crippen LogP contribution < -0.4 is 5.32 Å². The summed E-state index contributed by atoms with van der Waals surface area (Å²) in [6.07, 6.45) is 9.93. The van der Waals surface area contributed by atoms with Crippen LogP contribution >= 0.6 is 0 Å². The van der Waals surface area contributed by atoms with Gasteiger partial charge in [-0.1, -0.05) is 19.1 Å². The summed E-state index contributed by atoms with van der Waals surface area (Å²) in [6.45, 7) is 5.45. The van der Waals surface area contributed by atoms with Gasteiger partial charge in [-0.25, -0.2) is 13.4 Å². The van der Waals surface area contributed by atoms with E-state index in [1.807, 2.05) is 48.7 Å². The zero-order valence-corrected chi connectivity index (χ0v) is 22.7. The molecule has 9 nitrogen and oxygen atoms in total. The molecule has 2 unspecified atom stereocenters. The van der Waals surface area contributed by atoms with Crippen molar-refractivity contribution in [2.45, 2.75) is 56.5 Å². The molecule has 198 valence electrons. The minimum Gasteiger partial charge on any atom is -0.354 e. The maximum atomic E-state index is 14.0. The third-order valence-corrected chi connectivity index (χ3v) is 9.44. The van der Waals surface area contributed by atoms with Gasteiger partial charge < -0.3 is 14.6 Å². The summed E-state index contributed by atoms with van der Waals surface area (Å²) in [6, 6.07) is 6.42. The van der Waals surface area contributed by atoms with Crippen LogP contribution in [0, 0.1) is 0 Å². The summed E-state index contributed by atoms with van der Waals surface area (Å²) < 4.78 is 26.0. The molecule has 2 aromatic heterocycles. The zero-order chi connectivity index (χ0) is 27.2. The van der Waals surface area contributed by atoms with Crippen LogP contribution in [0.3, 0.4) is 0 Å². The Morgan fingerprint density at radius 1 is 1.16 bits per heavy atom. The molecule has 2 aliphatic rings. The van der Waals surface area contributed by atoms with E-state index in [0.29, 0.717) is 29.8 Å². The van der Waals surface area contributed by atoms with Gasteiger partial charge >= 0.3 is 0 Å². The highest BCUT2D eigenvalue weighted by molar-refractivity contribution is 7.91. The average Bonchev–Trinajstić information content (AvgIpc) is 3.38. The second-order valence-electron chi connectivity index (χ2n) is 10.1. The first-order valence-electron chi connectivity index (χ1n) is 12.6. The maximum absolute atomic E-state index is 14.0. The number of aromatic nitrogens is 3. The Hall–Kier alpha value is -3.79. The fourth-order valence-electron chi connectivity index (χ4n) is 5.36. The molecule has 0 radical (unpaired) electrons. The van der Waals surface area contributed by atoms with Crippen molar-refractivity contribution in [3.63, 3.8) is 0 Å². The Labute approximate surface area is 222 Å². The van der Waals surface area contributed by atoms with Gasteiger partial charge in [0.15, 0.2) is 21.3 Å². The van der Waals surface area contributed by atoms with Crippen LogP contribution in [-0.2, 0) is 31.3 Å². The van der Waals surface area contributed by atoms with E-state index in [1.165, 1.54) is 0 Å². The Kier molecular flexibility index (Phi) is 6.46. The molecule has 0 fully saturated rings. The van der Waals surface area contributed by atoms with Crippen molar-refractivity contribution in [1.82, 2.24) is 24.6 Å². The molecule has 3 heterocycles. The summed E-state index contributed by atoms with van der Waals surface area (Å²) >= 11 is 0. The lowest BCUT2D eigenvalue weighted by atomic mass is 9.68. The van der Waals surface area contributed by atoms with Crippen LogP contribution in [0.5, 0.6) is 0 Å². The SMILES string of the molecule is CCS(=O)(=O)c1ccc(CC(=O)NC2C=C(C)C3=C(CCC(C)(c4nccn5ccnc45)C3=O)N2C)cc1. The van der Waals surface area contributed by atoms with Crippen LogP contribution in [0.25, 0.3) is 5.65 Å². The van der Waals surface area contributed by atoms with Crippen molar-refractivity contribution in [3.05, 3.63) is 83.2 Å². The van der Waals surface area contributed by atoms with Gasteiger partial charge in [0, 0.05) is 43.1 Å². The topological polar surface area (TPSA) is 114 Å². The molecule has 10 heteroatoms. The van der Waals surface area contributed by atoms with E-state index in [-0.39, 0.29) is 28.8 Å². The number of ketones is 1. The van der Waals surface area contributed by atoms with Gasteiger partial charge in [-0.05, 0) is 56.0 Å². The normalized spacial score (nSPS) is 21.9. The van der Waals surface area contributed by atoms with Crippen molar-refractivity contribution >= 4 is 27.2 Å². The summed E-state index contributed by atoms with van der Waals surface area (Å²) in [4.78, 5) is 38.1. The van der Waals surface area contributed by atoms with Gasteiger partial charge in [0.25, 0.3) is 0 Å². The molecule has 1 aromatic carbocycles. The largest absolute Gasteiger partial charge is 0.354 e. The molecule has 5 rings (SSSR count). The van der Waals surface area contributed by atoms with Crippen molar-refractivity contribution in [1.29, 1.82) is 0 Å². The predicted octanol–water partition coefficient (Wildman–Crippen LogP) is 2.97. The number of hydrogen-bond acceptors (Lipinski definition) is 7. The summed E-state index contributed by atoms with van der Waals surface area (Å²) in [5.41, 5.74) is 3.67. The molecular formula is C28H31N5O4S. The van der Waals surface area contributed by atoms with E-state index < -0.39 is 21.4 Å². The lowest BCUT2D eigenvalue weighted by Gasteiger charge is -2.42. The Morgan fingerprint density at radius 3 is 2.53 bits per heavy atom. The summed E-state index contributed by atoms with van der Waals surface area (Å²) in [5.74, 6) is -0.153. The first-order chi connectivity index (χ1) is 18.0. The van der Waals surface area contributed by atoms with E-state index in [4.69, 9.17) is 0 Å². The van der Waals surface area contributed by atoms with Crippen LogP contribution in [0.2, 0.25) is 0 Å². The highest BCUT2D eigenvalue weighted by atomic mass is 32.2. The van der Waals surface area contributed by atoms with Crippen molar-refractivity contribution in [2.75, 3.05) is 12.8 Å². The number of benzene rings is 1. The molecule has 1 aliphatic heterocycles. The van der Waals surface area contributed by atoms with Crippen molar-refractivity contribution in [3.8, 4) is 0 Å². The Bertz CT molecular complexity index is 1600. The predicted molar refractivity (Wildman–Crippen MR) is 143 cm³/mol. The standard InChI is InChI=1S/C28H31N5O4S/c1-5-38(36,37)20-8-6-19(7-9-20)17-23(34)31-22-16-18(2)24-21(32(22)4)10-11-28(3,26(24)35)25-27-30-13-15-33(27)14-12-29-25/h6-9,12-16,22H,5,10-11,17H2,1-4H3,(H,31,34). The third kappa shape index (κ3) is 4.32. The number of fused-ring (bicyclic) bond motifs is 1. The number of nitrogens with zero attached hydrogens (tertiary/aromatic N) is 4. The molecule has 1 N–H and O–H groups in total. The Balaban J connectivity index is 1.34. The number of hydrogen-bond donors (Lipinski definition) is 1. The van der Waals surface area contributed by atoms with Crippen LogP contribution in [0.15, 0.2) is 76.9 Å². The number of nitrogens with one attached hydrogen (secondary N) is 1. The fourth-order valence-corrected chi connectivity index (χ4v) is 6.25. The number of sulfone groups is 1. The van der Waals surface area contributed by atoms with Gasteiger partial charge in [0.1, 0.15) is 6.17 Å². The lowest BCUT2D eigenvalue weighted by molar-refractivity contribution is -0.121. The second kappa shape index (κ2) is 9.50.